The number of carbonyl (C=O) groups excluding carboxylic acids is 1. The third-order valence-electron chi connectivity index (χ3n) is 1.73. The Balaban J connectivity index is 2.12. The quantitative estimate of drug-likeness (QED) is 0.711. The van der Waals surface area contributed by atoms with Gasteiger partial charge in [-0.2, -0.15) is 0 Å². The molecule has 0 aromatic carbocycles. The second-order valence-electron chi connectivity index (χ2n) is 2.68. The Morgan fingerprint density at radius 1 is 1.67 bits per heavy atom. The fourth-order valence-electron chi connectivity index (χ4n) is 1.10. The molecule has 70 valence electrons. The van der Waals surface area contributed by atoms with Crippen molar-refractivity contribution < 1.29 is 9.53 Å². The van der Waals surface area contributed by atoms with Gasteiger partial charge < -0.3 is 10.1 Å². The van der Waals surface area contributed by atoms with E-state index in [0.29, 0.717) is 6.54 Å². The number of nitrogens with one attached hydrogen (secondary N) is 1. The summed E-state index contributed by atoms with van der Waals surface area (Å²) in [6.07, 6.45) is 2.20. The maximum absolute atomic E-state index is 10.9. The van der Waals surface area contributed by atoms with E-state index in [1.807, 2.05) is 0 Å². The van der Waals surface area contributed by atoms with Crippen molar-refractivity contribution >= 4 is 29.1 Å². The van der Waals surface area contributed by atoms with E-state index in [1.165, 1.54) is 0 Å². The largest absolute Gasteiger partial charge is 0.376 e. The van der Waals surface area contributed by atoms with E-state index in [0.717, 1.165) is 19.4 Å². The van der Waals surface area contributed by atoms with Crippen molar-refractivity contribution in [1.82, 2.24) is 5.32 Å². The maximum Gasteiger partial charge on any atom is 0.253 e. The molecule has 0 saturated carbocycles. The van der Waals surface area contributed by atoms with Crippen molar-refractivity contribution in [3.05, 3.63) is 0 Å². The van der Waals surface area contributed by atoms with Gasteiger partial charge in [-0.25, -0.2) is 0 Å². The van der Waals surface area contributed by atoms with Gasteiger partial charge in [-0.3, -0.25) is 4.79 Å². The molecule has 1 saturated heterocycles. The van der Waals surface area contributed by atoms with Gasteiger partial charge in [0.05, 0.1) is 6.10 Å². The molecule has 0 aromatic rings. The smallest absolute Gasteiger partial charge is 0.253 e. The molecule has 12 heavy (non-hydrogen) atoms. The molecule has 1 atom stereocenters. The lowest BCUT2D eigenvalue weighted by atomic mass is 10.2. The summed E-state index contributed by atoms with van der Waals surface area (Å²) in [6, 6.07) is 0. The second kappa shape index (κ2) is 4.90. The Hall–Kier alpha value is 0.01000. The number of rotatable bonds is 3. The van der Waals surface area contributed by atoms with Gasteiger partial charge in [-0.15, -0.1) is 0 Å². The fraction of sp³-hybridized carbons (Fsp3) is 0.857. The highest BCUT2D eigenvalue weighted by Crippen LogP contribution is 2.10. The standard InChI is InChI=1S/C7H11Cl2NO2/c8-6(9)7(11)10-4-5-2-1-3-12-5/h5-6H,1-4H2,(H,10,11). The molecule has 1 unspecified atom stereocenters. The summed E-state index contributed by atoms with van der Waals surface area (Å²) in [4.78, 5) is 9.89. The lowest BCUT2D eigenvalue weighted by Crippen LogP contribution is -2.34. The molecular weight excluding hydrogens is 201 g/mol. The van der Waals surface area contributed by atoms with Crippen LogP contribution in [-0.4, -0.2) is 30.0 Å². The normalized spacial score (nSPS) is 23.1. The Morgan fingerprint density at radius 3 is 2.92 bits per heavy atom. The Bertz CT molecular complexity index is 157. The van der Waals surface area contributed by atoms with Crippen LogP contribution in [0.5, 0.6) is 0 Å². The van der Waals surface area contributed by atoms with Gasteiger partial charge in [0.1, 0.15) is 0 Å². The highest BCUT2D eigenvalue weighted by Gasteiger charge is 2.17. The van der Waals surface area contributed by atoms with Crippen molar-refractivity contribution in [3.8, 4) is 0 Å². The van der Waals surface area contributed by atoms with E-state index in [4.69, 9.17) is 27.9 Å². The van der Waals surface area contributed by atoms with E-state index in [9.17, 15) is 4.79 Å². The van der Waals surface area contributed by atoms with Crippen LogP contribution in [0.2, 0.25) is 0 Å². The predicted molar refractivity (Wildman–Crippen MR) is 47.5 cm³/mol. The molecule has 0 bridgehead atoms. The summed E-state index contributed by atoms with van der Waals surface area (Å²) >= 11 is 10.7. The van der Waals surface area contributed by atoms with Gasteiger partial charge in [0.25, 0.3) is 5.91 Å². The SMILES string of the molecule is O=C(NCC1CCCO1)C(Cl)Cl. The summed E-state index contributed by atoms with van der Waals surface area (Å²) in [5.41, 5.74) is 0. The van der Waals surface area contributed by atoms with Crippen molar-refractivity contribution in [2.24, 2.45) is 0 Å². The van der Waals surface area contributed by atoms with Gasteiger partial charge in [0.15, 0.2) is 4.84 Å². The minimum atomic E-state index is -0.980. The Kier molecular flexibility index (Phi) is 4.12. The number of hydrogen-bond donors (Lipinski definition) is 1. The number of alkyl halides is 2. The van der Waals surface area contributed by atoms with Crippen LogP contribution in [0, 0.1) is 0 Å². The zero-order valence-electron chi connectivity index (χ0n) is 6.56. The average molecular weight is 212 g/mol. The van der Waals surface area contributed by atoms with Crippen molar-refractivity contribution in [2.45, 2.75) is 23.8 Å². The van der Waals surface area contributed by atoms with Crippen molar-refractivity contribution in [1.29, 1.82) is 0 Å². The van der Waals surface area contributed by atoms with Gasteiger partial charge in [-0.1, -0.05) is 23.2 Å². The van der Waals surface area contributed by atoms with E-state index in [1.54, 1.807) is 0 Å². The number of hydrogen-bond acceptors (Lipinski definition) is 2. The maximum atomic E-state index is 10.9. The third kappa shape index (κ3) is 3.17. The number of halogens is 2. The lowest BCUT2D eigenvalue weighted by Gasteiger charge is -2.10. The summed E-state index contributed by atoms with van der Waals surface area (Å²) in [5.74, 6) is -0.353. The first-order valence-corrected chi connectivity index (χ1v) is 4.75. The first-order chi connectivity index (χ1) is 5.70. The first-order valence-electron chi connectivity index (χ1n) is 3.87. The van der Waals surface area contributed by atoms with Crippen LogP contribution in [0.1, 0.15) is 12.8 Å². The minimum absolute atomic E-state index is 0.140. The van der Waals surface area contributed by atoms with Gasteiger partial charge in [0.2, 0.25) is 0 Å². The van der Waals surface area contributed by atoms with Gasteiger partial charge in [-0.05, 0) is 12.8 Å². The molecule has 0 aromatic heterocycles. The predicted octanol–water partition coefficient (Wildman–Crippen LogP) is 1.09. The molecule has 3 nitrogen and oxygen atoms in total. The average Bonchev–Trinajstić information content (AvgIpc) is 2.51. The molecular formula is C7H11Cl2NO2. The number of carbonyl (C=O) groups is 1. The van der Waals surface area contributed by atoms with E-state index in [2.05, 4.69) is 5.32 Å². The van der Waals surface area contributed by atoms with Crippen LogP contribution < -0.4 is 5.32 Å². The second-order valence-corrected chi connectivity index (χ2v) is 3.78. The molecule has 1 heterocycles. The van der Waals surface area contributed by atoms with Crippen LogP contribution in [0.15, 0.2) is 0 Å². The van der Waals surface area contributed by atoms with Crippen LogP contribution in [0.4, 0.5) is 0 Å². The number of amides is 1. The van der Waals surface area contributed by atoms with Crippen molar-refractivity contribution in [2.75, 3.05) is 13.2 Å². The third-order valence-corrected chi connectivity index (χ3v) is 2.12. The Morgan fingerprint density at radius 2 is 2.42 bits per heavy atom. The molecule has 1 N–H and O–H groups in total. The van der Waals surface area contributed by atoms with E-state index >= 15 is 0 Å². The minimum Gasteiger partial charge on any atom is -0.376 e. The molecule has 5 heteroatoms. The zero-order valence-corrected chi connectivity index (χ0v) is 8.07. The fourth-order valence-corrected chi connectivity index (χ4v) is 1.25. The molecule has 0 radical (unpaired) electrons. The molecule has 1 aliphatic heterocycles. The summed E-state index contributed by atoms with van der Waals surface area (Å²) in [5, 5.41) is 2.60. The van der Waals surface area contributed by atoms with Crippen LogP contribution in [0.25, 0.3) is 0 Å². The van der Waals surface area contributed by atoms with Crippen LogP contribution >= 0.6 is 23.2 Å². The van der Waals surface area contributed by atoms with Gasteiger partial charge >= 0.3 is 0 Å². The topological polar surface area (TPSA) is 38.3 Å². The molecule has 1 amide bonds. The lowest BCUT2D eigenvalue weighted by molar-refractivity contribution is -0.119. The van der Waals surface area contributed by atoms with Gasteiger partial charge in [0, 0.05) is 13.2 Å². The summed E-state index contributed by atoms with van der Waals surface area (Å²) in [6.45, 7) is 1.29. The molecule has 1 rings (SSSR count). The van der Waals surface area contributed by atoms with E-state index in [-0.39, 0.29) is 12.0 Å². The zero-order chi connectivity index (χ0) is 8.97. The molecule has 0 spiro atoms. The van der Waals surface area contributed by atoms with Crippen LogP contribution in [-0.2, 0) is 9.53 Å². The van der Waals surface area contributed by atoms with Crippen molar-refractivity contribution in [3.63, 3.8) is 0 Å². The summed E-state index contributed by atoms with van der Waals surface area (Å²) in [7, 11) is 0. The highest BCUT2D eigenvalue weighted by molar-refractivity contribution is 6.53. The molecule has 1 fully saturated rings. The van der Waals surface area contributed by atoms with Crippen LogP contribution in [0.3, 0.4) is 0 Å². The first kappa shape index (κ1) is 10.1. The molecule has 0 aliphatic carbocycles. The van der Waals surface area contributed by atoms with E-state index < -0.39 is 4.84 Å². The highest BCUT2D eigenvalue weighted by atomic mass is 35.5. The summed E-state index contributed by atoms with van der Waals surface area (Å²) < 4.78 is 5.28. The monoisotopic (exact) mass is 211 g/mol. The molecule has 1 aliphatic rings. The number of ether oxygens (including phenoxy) is 1. The Labute approximate surface area is 81.4 Å².